The number of ketones is 1. The summed E-state index contributed by atoms with van der Waals surface area (Å²) in [7, 11) is 0. The average Bonchev–Trinajstić information content (AvgIpc) is 2.56. The van der Waals surface area contributed by atoms with Crippen molar-refractivity contribution in [2.45, 2.75) is 44.9 Å². The van der Waals surface area contributed by atoms with Crippen molar-refractivity contribution in [2.24, 2.45) is 17.8 Å². The second-order valence-electron chi connectivity index (χ2n) is 5.29. The molecular formula is C12H17F3O2. The summed E-state index contributed by atoms with van der Waals surface area (Å²) < 4.78 is 41.3. The van der Waals surface area contributed by atoms with Gasteiger partial charge in [-0.1, -0.05) is 13.3 Å². The number of fused-ring (bicyclic) bond motifs is 1. The first-order chi connectivity index (χ1) is 7.87. The Morgan fingerprint density at radius 1 is 1.24 bits per heavy atom. The van der Waals surface area contributed by atoms with Crippen molar-refractivity contribution in [3.05, 3.63) is 0 Å². The highest BCUT2D eigenvalue weighted by Gasteiger charge is 2.45. The summed E-state index contributed by atoms with van der Waals surface area (Å²) in [6.45, 7) is 0.840. The van der Waals surface area contributed by atoms with E-state index in [-0.39, 0.29) is 24.0 Å². The molecule has 2 aliphatic carbocycles. The first-order valence-electron chi connectivity index (χ1n) is 6.07. The van der Waals surface area contributed by atoms with Crippen LogP contribution in [0.3, 0.4) is 0 Å². The molecule has 17 heavy (non-hydrogen) atoms. The third-order valence-electron chi connectivity index (χ3n) is 4.07. The molecular weight excluding hydrogens is 233 g/mol. The van der Waals surface area contributed by atoms with Gasteiger partial charge in [-0.2, -0.15) is 13.2 Å². The third kappa shape index (κ3) is 3.00. The van der Waals surface area contributed by atoms with Gasteiger partial charge in [-0.15, -0.1) is 0 Å². The number of halogens is 3. The van der Waals surface area contributed by atoms with E-state index in [4.69, 9.17) is 4.74 Å². The van der Waals surface area contributed by atoms with E-state index in [1.54, 1.807) is 0 Å². The Bertz CT molecular complexity index is 301. The maximum absolute atomic E-state index is 12.1. The van der Waals surface area contributed by atoms with E-state index in [0.29, 0.717) is 12.3 Å². The molecule has 0 aliphatic heterocycles. The Kier molecular flexibility index (Phi) is 3.48. The molecule has 0 bridgehead atoms. The smallest absolute Gasteiger partial charge is 0.368 e. The van der Waals surface area contributed by atoms with Crippen LogP contribution in [0, 0.1) is 17.8 Å². The van der Waals surface area contributed by atoms with Gasteiger partial charge in [0.15, 0.2) is 0 Å². The lowest BCUT2D eigenvalue weighted by Gasteiger charge is -2.34. The normalized spacial score (nSPS) is 38.2. The molecule has 0 N–H and O–H groups in total. The molecule has 2 rings (SSSR count). The Hall–Kier alpha value is -0.580. The van der Waals surface area contributed by atoms with Crippen molar-refractivity contribution in [3.8, 4) is 0 Å². The van der Waals surface area contributed by atoms with Crippen molar-refractivity contribution in [1.82, 2.24) is 0 Å². The van der Waals surface area contributed by atoms with Gasteiger partial charge in [-0.05, 0) is 24.2 Å². The van der Waals surface area contributed by atoms with Gasteiger partial charge in [-0.3, -0.25) is 4.79 Å². The minimum absolute atomic E-state index is 0.0483. The molecule has 4 atom stereocenters. The largest absolute Gasteiger partial charge is 0.411 e. The van der Waals surface area contributed by atoms with Gasteiger partial charge >= 0.3 is 6.18 Å². The van der Waals surface area contributed by atoms with Gasteiger partial charge in [-0.25, -0.2) is 0 Å². The van der Waals surface area contributed by atoms with Crippen LogP contribution in [0.1, 0.15) is 32.6 Å². The van der Waals surface area contributed by atoms with Crippen LogP contribution >= 0.6 is 0 Å². The van der Waals surface area contributed by atoms with Crippen molar-refractivity contribution >= 4 is 5.78 Å². The van der Waals surface area contributed by atoms with Crippen LogP contribution < -0.4 is 0 Å². The van der Waals surface area contributed by atoms with Crippen molar-refractivity contribution < 1.29 is 22.7 Å². The SMILES string of the molecule is C[C@H]1CC[C@H]2[C@H]1CC(=O)C[C@@H]2OCC(F)(F)F. The van der Waals surface area contributed by atoms with Gasteiger partial charge in [0, 0.05) is 12.8 Å². The lowest BCUT2D eigenvalue weighted by molar-refractivity contribution is -0.195. The van der Waals surface area contributed by atoms with E-state index in [0.717, 1.165) is 12.8 Å². The molecule has 0 aromatic carbocycles. The highest BCUT2D eigenvalue weighted by molar-refractivity contribution is 5.80. The summed E-state index contributed by atoms with van der Waals surface area (Å²) in [4.78, 5) is 11.5. The molecule has 0 heterocycles. The lowest BCUT2D eigenvalue weighted by Crippen LogP contribution is -2.39. The fourth-order valence-corrected chi connectivity index (χ4v) is 3.23. The second-order valence-corrected chi connectivity index (χ2v) is 5.29. The quantitative estimate of drug-likeness (QED) is 0.753. The number of alkyl halides is 3. The Morgan fingerprint density at radius 2 is 1.94 bits per heavy atom. The number of hydrogen-bond donors (Lipinski definition) is 0. The molecule has 2 saturated carbocycles. The number of carbonyl (C=O) groups is 1. The van der Waals surface area contributed by atoms with Crippen LogP contribution in [0.5, 0.6) is 0 Å². The van der Waals surface area contributed by atoms with Crippen LogP contribution in [0.25, 0.3) is 0 Å². The lowest BCUT2D eigenvalue weighted by atomic mass is 9.76. The fourth-order valence-electron chi connectivity index (χ4n) is 3.23. The molecule has 98 valence electrons. The van der Waals surface area contributed by atoms with E-state index in [9.17, 15) is 18.0 Å². The van der Waals surface area contributed by atoms with Crippen LogP contribution in [0.2, 0.25) is 0 Å². The monoisotopic (exact) mass is 250 g/mol. The molecule has 0 saturated heterocycles. The van der Waals surface area contributed by atoms with Crippen molar-refractivity contribution in [3.63, 3.8) is 0 Å². The first kappa shape index (κ1) is 12.9. The van der Waals surface area contributed by atoms with Crippen LogP contribution in [0.15, 0.2) is 0 Å². The number of rotatable bonds is 2. The predicted molar refractivity (Wildman–Crippen MR) is 55.4 cm³/mol. The molecule has 2 fully saturated rings. The zero-order valence-corrected chi connectivity index (χ0v) is 9.80. The Labute approximate surface area is 98.5 Å². The molecule has 0 amide bonds. The highest BCUT2D eigenvalue weighted by atomic mass is 19.4. The van der Waals surface area contributed by atoms with Crippen LogP contribution in [-0.2, 0) is 9.53 Å². The maximum Gasteiger partial charge on any atom is 0.411 e. The number of ether oxygens (including phenoxy) is 1. The number of Topliss-reactive ketones (excluding diaryl/α,β-unsaturated/α-hetero) is 1. The standard InChI is InChI=1S/C12H17F3O2/c1-7-2-3-9-10(7)4-8(16)5-11(9)17-6-12(13,14)15/h7,9-11H,2-6H2,1H3/t7-,9-,10-,11-/m0/s1. The predicted octanol–water partition coefficient (Wildman–Crippen LogP) is 2.96. The molecule has 2 aliphatic rings. The van der Waals surface area contributed by atoms with E-state index in [2.05, 4.69) is 6.92 Å². The number of hydrogen-bond acceptors (Lipinski definition) is 2. The summed E-state index contributed by atoms with van der Waals surface area (Å²) in [5, 5.41) is 0. The zero-order chi connectivity index (χ0) is 12.6. The molecule has 0 spiro atoms. The number of carbonyl (C=O) groups excluding carboxylic acids is 1. The first-order valence-corrected chi connectivity index (χ1v) is 6.07. The van der Waals surface area contributed by atoms with Crippen LogP contribution in [0.4, 0.5) is 13.2 Å². The fraction of sp³-hybridized carbons (Fsp3) is 0.917. The summed E-state index contributed by atoms with van der Waals surface area (Å²) in [5.74, 6) is 0.855. The van der Waals surface area contributed by atoms with E-state index >= 15 is 0 Å². The van der Waals surface area contributed by atoms with E-state index in [1.165, 1.54) is 0 Å². The molecule has 0 unspecified atom stereocenters. The highest BCUT2D eigenvalue weighted by Crippen LogP contribution is 2.45. The third-order valence-corrected chi connectivity index (χ3v) is 4.07. The summed E-state index contributed by atoms with van der Waals surface area (Å²) in [6.07, 6.45) is -2.26. The summed E-state index contributed by atoms with van der Waals surface area (Å²) >= 11 is 0. The molecule has 0 aromatic heterocycles. The van der Waals surface area contributed by atoms with Gasteiger partial charge in [0.25, 0.3) is 0 Å². The van der Waals surface area contributed by atoms with Gasteiger partial charge in [0.2, 0.25) is 0 Å². The minimum atomic E-state index is -4.31. The van der Waals surface area contributed by atoms with Crippen molar-refractivity contribution in [1.29, 1.82) is 0 Å². The Morgan fingerprint density at radius 3 is 2.59 bits per heavy atom. The topological polar surface area (TPSA) is 26.3 Å². The average molecular weight is 250 g/mol. The van der Waals surface area contributed by atoms with Crippen LogP contribution in [-0.4, -0.2) is 24.7 Å². The van der Waals surface area contributed by atoms with E-state index < -0.39 is 18.9 Å². The summed E-state index contributed by atoms with van der Waals surface area (Å²) in [5.41, 5.74) is 0. The zero-order valence-electron chi connectivity index (χ0n) is 9.80. The van der Waals surface area contributed by atoms with Gasteiger partial charge in [0.05, 0.1) is 6.10 Å². The second kappa shape index (κ2) is 4.59. The van der Waals surface area contributed by atoms with Gasteiger partial charge < -0.3 is 4.74 Å². The van der Waals surface area contributed by atoms with E-state index in [1.807, 2.05) is 0 Å². The Balaban J connectivity index is 1.98. The molecule has 0 aromatic rings. The maximum atomic E-state index is 12.1. The molecule has 2 nitrogen and oxygen atoms in total. The molecule has 5 heteroatoms. The van der Waals surface area contributed by atoms with Gasteiger partial charge in [0.1, 0.15) is 12.4 Å². The minimum Gasteiger partial charge on any atom is -0.368 e. The molecule has 0 radical (unpaired) electrons. The van der Waals surface area contributed by atoms with Crippen molar-refractivity contribution in [2.75, 3.05) is 6.61 Å². The summed E-state index contributed by atoms with van der Waals surface area (Å²) in [6, 6.07) is 0.